The average molecular weight is 208 g/mol. The second-order valence-corrected chi connectivity index (χ2v) is 5.60. The second-order valence-electron chi connectivity index (χ2n) is 3.92. The van der Waals surface area contributed by atoms with Crippen LogP contribution >= 0.6 is 11.8 Å². The molecule has 0 bridgehead atoms. The molecule has 14 heavy (non-hydrogen) atoms. The Bertz CT molecular complexity index is 286. The zero-order valence-electron chi connectivity index (χ0n) is 8.39. The minimum Gasteiger partial charge on any atom is -0.395 e. The smallest absolute Gasteiger partial charge is 0.0547 e. The van der Waals surface area contributed by atoms with E-state index >= 15 is 0 Å². The lowest BCUT2D eigenvalue weighted by molar-refractivity contribution is 0.300. The second kappa shape index (κ2) is 4.37. The lowest BCUT2D eigenvalue weighted by atomic mass is 10.1. The quantitative estimate of drug-likeness (QED) is 0.821. The van der Waals surface area contributed by atoms with Crippen molar-refractivity contribution in [2.75, 3.05) is 6.61 Å². The Morgan fingerprint density at radius 3 is 2.79 bits per heavy atom. The van der Waals surface area contributed by atoms with Gasteiger partial charge in [-0.15, -0.1) is 0 Å². The number of rotatable bonds is 4. The fraction of sp³-hybridized carbons (Fsp3) is 0.500. The maximum absolute atomic E-state index is 8.95. The first kappa shape index (κ1) is 10.1. The molecule has 1 nitrogen and oxygen atoms in total. The van der Waals surface area contributed by atoms with Gasteiger partial charge in [0.1, 0.15) is 0 Å². The van der Waals surface area contributed by atoms with Crippen molar-refractivity contribution in [1.29, 1.82) is 0 Å². The van der Waals surface area contributed by atoms with Crippen LogP contribution in [0, 0.1) is 0 Å². The van der Waals surface area contributed by atoms with Crippen molar-refractivity contribution in [2.24, 2.45) is 0 Å². The van der Waals surface area contributed by atoms with E-state index in [2.05, 4.69) is 37.3 Å². The van der Waals surface area contributed by atoms with Gasteiger partial charge in [-0.2, -0.15) is 11.8 Å². The summed E-state index contributed by atoms with van der Waals surface area (Å²) in [6, 6.07) is 10.7. The number of hydrogen-bond acceptors (Lipinski definition) is 2. The van der Waals surface area contributed by atoms with Crippen LogP contribution in [0.1, 0.15) is 24.8 Å². The van der Waals surface area contributed by atoms with Gasteiger partial charge >= 0.3 is 0 Å². The fourth-order valence-electron chi connectivity index (χ4n) is 1.71. The van der Waals surface area contributed by atoms with E-state index < -0.39 is 0 Å². The van der Waals surface area contributed by atoms with Crippen molar-refractivity contribution >= 4 is 11.8 Å². The molecule has 0 spiro atoms. The number of aliphatic hydroxyl groups is 1. The molecule has 3 atom stereocenters. The molecule has 0 aliphatic heterocycles. The Labute approximate surface area is 89.5 Å². The minimum absolute atomic E-state index is 0.294. The minimum atomic E-state index is 0.294. The van der Waals surface area contributed by atoms with Crippen LogP contribution in [0.25, 0.3) is 0 Å². The SMILES string of the molecule is CC(CO)SC1CC1c1ccccc1. The lowest BCUT2D eigenvalue weighted by Crippen LogP contribution is -2.03. The van der Waals surface area contributed by atoms with Gasteiger partial charge in [0, 0.05) is 10.5 Å². The topological polar surface area (TPSA) is 20.2 Å². The molecule has 1 N–H and O–H groups in total. The number of aliphatic hydroxyl groups excluding tert-OH is 1. The van der Waals surface area contributed by atoms with Gasteiger partial charge in [-0.3, -0.25) is 0 Å². The number of benzene rings is 1. The first-order valence-corrected chi connectivity index (χ1v) is 6.07. The Morgan fingerprint density at radius 1 is 1.43 bits per heavy atom. The van der Waals surface area contributed by atoms with Crippen molar-refractivity contribution in [3.63, 3.8) is 0 Å². The first-order valence-electron chi connectivity index (χ1n) is 5.12. The molecule has 1 fully saturated rings. The summed E-state index contributed by atoms with van der Waals surface area (Å²) in [4.78, 5) is 0. The molecule has 0 radical (unpaired) electrons. The summed E-state index contributed by atoms with van der Waals surface area (Å²) in [5.74, 6) is 0.732. The Kier molecular flexibility index (Phi) is 3.14. The molecular formula is C12H16OS. The molecule has 0 aromatic heterocycles. The number of thioether (sulfide) groups is 1. The Morgan fingerprint density at radius 2 is 2.14 bits per heavy atom. The normalized spacial score (nSPS) is 27.3. The van der Waals surface area contributed by atoms with Gasteiger partial charge < -0.3 is 5.11 Å². The van der Waals surface area contributed by atoms with Crippen LogP contribution in [0.5, 0.6) is 0 Å². The third kappa shape index (κ3) is 2.31. The maximum Gasteiger partial charge on any atom is 0.0547 e. The molecule has 3 unspecified atom stereocenters. The molecule has 1 aliphatic carbocycles. The van der Waals surface area contributed by atoms with Gasteiger partial charge in [-0.1, -0.05) is 37.3 Å². The van der Waals surface area contributed by atoms with Gasteiger partial charge in [0.2, 0.25) is 0 Å². The van der Waals surface area contributed by atoms with Crippen molar-refractivity contribution in [3.05, 3.63) is 35.9 Å². The van der Waals surface area contributed by atoms with E-state index in [4.69, 9.17) is 5.11 Å². The molecule has 1 aromatic rings. The van der Waals surface area contributed by atoms with Crippen molar-refractivity contribution in [2.45, 2.75) is 29.8 Å². The van der Waals surface area contributed by atoms with E-state index in [0.717, 1.165) is 11.2 Å². The number of hydrogen-bond donors (Lipinski definition) is 1. The highest BCUT2D eigenvalue weighted by atomic mass is 32.2. The summed E-state index contributed by atoms with van der Waals surface area (Å²) >= 11 is 1.92. The Balaban J connectivity index is 1.87. The van der Waals surface area contributed by atoms with Gasteiger partial charge in [0.25, 0.3) is 0 Å². The van der Waals surface area contributed by atoms with Crippen LogP contribution < -0.4 is 0 Å². The standard InChI is InChI=1S/C12H16OS/c1-9(8-13)14-12-7-11(12)10-5-3-2-4-6-10/h2-6,9,11-13H,7-8H2,1H3. The summed E-state index contributed by atoms with van der Waals surface area (Å²) in [5, 5.41) is 10.1. The Hall–Kier alpha value is -0.470. The summed E-state index contributed by atoms with van der Waals surface area (Å²) in [6.45, 7) is 2.38. The molecule has 0 saturated heterocycles. The van der Waals surface area contributed by atoms with E-state index in [1.807, 2.05) is 11.8 Å². The summed E-state index contributed by atoms with van der Waals surface area (Å²) in [6.07, 6.45) is 1.28. The van der Waals surface area contributed by atoms with Crippen molar-refractivity contribution < 1.29 is 5.11 Å². The third-order valence-corrected chi connectivity index (χ3v) is 4.11. The van der Waals surface area contributed by atoms with Crippen LogP contribution in [0.2, 0.25) is 0 Å². The fourth-order valence-corrected chi connectivity index (χ4v) is 3.06. The molecule has 0 amide bonds. The highest BCUT2D eigenvalue weighted by molar-refractivity contribution is 8.00. The van der Waals surface area contributed by atoms with Crippen LogP contribution in [0.3, 0.4) is 0 Å². The third-order valence-electron chi connectivity index (χ3n) is 2.62. The summed E-state index contributed by atoms with van der Waals surface area (Å²) in [5.41, 5.74) is 1.45. The van der Waals surface area contributed by atoms with Gasteiger partial charge in [0.05, 0.1) is 6.61 Å². The monoisotopic (exact) mass is 208 g/mol. The molecule has 2 rings (SSSR count). The molecule has 1 aromatic carbocycles. The molecule has 2 heteroatoms. The highest BCUT2D eigenvalue weighted by Crippen LogP contribution is 2.50. The molecule has 1 aliphatic rings. The predicted octanol–water partition coefficient (Wildman–Crippen LogP) is 2.66. The van der Waals surface area contributed by atoms with E-state index in [-0.39, 0.29) is 0 Å². The van der Waals surface area contributed by atoms with Crippen LogP contribution in [0.4, 0.5) is 0 Å². The van der Waals surface area contributed by atoms with Gasteiger partial charge in [-0.05, 0) is 17.9 Å². The van der Waals surface area contributed by atoms with Crippen LogP contribution in [-0.4, -0.2) is 22.2 Å². The van der Waals surface area contributed by atoms with E-state index in [9.17, 15) is 0 Å². The van der Waals surface area contributed by atoms with E-state index in [1.165, 1.54) is 12.0 Å². The molecule has 0 heterocycles. The molecular weight excluding hydrogens is 192 g/mol. The zero-order chi connectivity index (χ0) is 9.97. The lowest BCUT2D eigenvalue weighted by Gasteiger charge is -2.06. The van der Waals surface area contributed by atoms with Crippen LogP contribution in [-0.2, 0) is 0 Å². The highest BCUT2D eigenvalue weighted by Gasteiger charge is 2.39. The summed E-state index contributed by atoms with van der Waals surface area (Å²) in [7, 11) is 0. The predicted molar refractivity (Wildman–Crippen MR) is 61.7 cm³/mol. The molecule has 1 saturated carbocycles. The first-order chi connectivity index (χ1) is 6.81. The summed E-state index contributed by atoms with van der Waals surface area (Å²) < 4.78 is 0. The average Bonchev–Trinajstić information content (AvgIpc) is 2.98. The van der Waals surface area contributed by atoms with Crippen molar-refractivity contribution in [1.82, 2.24) is 0 Å². The molecule has 76 valence electrons. The van der Waals surface area contributed by atoms with Crippen molar-refractivity contribution in [3.8, 4) is 0 Å². The van der Waals surface area contributed by atoms with E-state index in [0.29, 0.717) is 11.9 Å². The van der Waals surface area contributed by atoms with Gasteiger partial charge in [-0.25, -0.2) is 0 Å². The van der Waals surface area contributed by atoms with Crippen LogP contribution in [0.15, 0.2) is 30.3 Å². The van der Waals surface area contributed by atoms with E-state index in [1.54, 1.807) is 0 Å². The largest absolute Gasteiger partial charge is 0.395 e. The zero-order valence-corrected chi connectivity index (χ0v) is 9.20. The maximum atomic E-state index is 8.95. The van der Waals surface area contributed by atoms with Gasteiger partial charge in [0.15, 0.2) is 0 Å².